The summed E-state index contributed by atoms with van der Waals surface area (Å²) in [5.41, 5.74) is 4.07. The summed E-state index contributed by atoms with van der Waals surface area (Å²) >= 11 is 0. The van der Waals surface area contributed by atoms with Crippen molar-refractivity contribution in [2.75, 3.05) is 5.32 Å². The largest absolute Gasteiger partial charge is 0.320 e. The number of benzene rings is 1. The smallest absolute Gasteiger partial charge is 0.274 e. The predicted octanol–water partition coefficient (Wildman–Crippen LogP) is 2.65. The van der Waals surface area contributed by atoms with Crippen LogP contribution in [0.1, 0.15) is 27.3 Å². The standard InChI is InChI=1S/C14H15N3O/c1-9-5-4-6-10(2)13(9)17-14(18)12-7-11(3)15-8-16-12/h4-8H,1-3H3,(H,17,18). The quantitative estimate of drug-likeness (QED) is 0.879. The number of hydrogen-bond acceptors (Lipinski definition) is 3. The lowest BCUT2D eigenvalue weighted by Crippen LogP contribution is -2.15. The van der Waals surface area contributed by atoms with E-state index < -0.39 is 0 Å². The minimum atomic E-state index is -0.210. The number of carbonyl (C=O) groups is 1. The van der Waals surface area contributed by atoms with Crippen molar-refractivity contribution in [2.45, 2.75) is 20.8 Å². The second-order valence-electron chi connectivity index (χ2n) is 4.27. The lowest BCUT2D eigenvalue weighted by atomic mass is 10.1. The molecule has 0 unspecified atom stereocenters. The van der Waals surface area contributed by atoms with Crippen LogP contribution in [0.25, 0.3) is 0 Å². The van der Waals surface area contributed by atoms with Gasteiger partial charge >= 0.3 is 0 Å². The first kappa shape index (κ1) is 12.2. The molecule has 0 radical (unpaired) electrons. The molecule has 18 heavy (non-hydrogen) atoms. The molecule has 1 amide bonds. The number of aryl methyl sites for hydroxylation is 3. The van der Waals surface area contributed by atoms with Gasteiger partial charge in [-0.25, -0.2) is 9.97 Å². The van der Waals surface area contributed by atoms with E-state index in [0.717, 1.165) is 22.5 Å². The zero-order chi connectivity index (χ0) is 13.1. The van der Waals surface area contributed by atoms with Crippen molar-refractivity contribution < 1.29 is 4.79 Å². The number of anilines is 1. The number of amides is 1. The van der Waals surface area contributed by atoms with Gasteiger partial charge in [-0.15, -0.1) is 0 Å². The van der Waals surface area contributed by atoms with Gasteiger partial charge in [0.2, 0.25) is 0 Å². The van der Waals surface area contributed by atoms with Crippen molar-refractivity contribution in [3.8, 4) is 0 Å². The minimum Gasteiger partial charge on any atom is -0.320 e. The van der Waals surface area contributed by atoms with Crippen molar-refractivity contribution in [1.29, 1.82) is 0 Å². The molecule has 0 saturated heterocycles. The van der Waals surface area contributed by atoms with E-state index in [2.05, 4.69) is 15.3 Å². The second kappa shape index (κ2) is 4.96. The molecular weight excluding hydrogens is 226 g/mol. The van der Waals surface area contributed by atoms with Gasteiger partial charge in [-0.1, -0.05) is 18.2 Å². The molecule has 92 valence electrons. The molecule has 1 aromatic carbocycles. The van der Waals surface area contributed by atoms with Gasteiger partial charge in [-0.3, -0.25) is 4.79 Å². The van der Waals surface area contributed by atoms with Gasteiger partial charge in [0.1, 0.15) is 12.0 Å². The molecule has 0 aliphatic heterocycles. The predicted molar refractivity (Wildman–Crippen MR) is 70.6 cm³/mol. The minimum absolute atomic E-state index is 0.210. The molecule has 0 fully saturated rings. The van der Waals surface area contributed by atoms with Gasteiger partial charge in [0.05, 0.1) is 0 Å². The Morgan fingerprint density at radius 2 is 1.78 bits per heavy atom. The lowest BCUT2D eigenvalue weighted by Gasteiger charge is -2.11. The lowest BCUT2D eigenvalue weighted by molar-refractivity contribution is 0.102. The topological polar surface area (TPSA) is 54.9 Å². The van der Waals surface area contributed by atoms with Crippen LogP contribution in [0.15, 0.2) is 30.6 Å². The van der Waals surface area contributed by atoms with Gasteiger partial charge in [-0.05, 0) is 38.0 Å². The Morgan fingerprint density at radius 3 is 2.39 bits per heavy atom. The summed E-state index contributed by atoms with van der Waals surface area (Å²) in [4.78, 5) is 20.0. The van der Waals surface area contributed by atoms with E-state index in [9.17, 15) is 4.79 Å². The van der Waals surface area contributed by atoms with E-state index in [1.165, 1.54) is 6.33 Å². The number of carbonyl (C=O) groups excluding carboxylic acids is 1. The molecule has 0 aliphatic carbocycles. The Bertz CT molecular complexity index is 573. The van der Waals surface area contributed by atoms with Gasteiger partial charge in [0.25, 0.3) is 5.91 Å². The summed E-state index contributed by atoms with van der Waals surface area (Å²) in [6, 6.07) is 7.57. The van der Waals surface area contributed by atoms with E-state index in [1.54, 1.807) is 6.07 Å². The molecule has 0 aliphatic rings. The summed E-state index contributed by atoms with van der Waals surface area (Å²) in [5, 5.41) is 2.89. The van der Waals surface area contributed by atoms with Crippen LogP contribution in [0, 0.1) is 20.8 Å². The maximum absolute atomic E-state index is 12.1. The van der Waals surface area contributed by atoms with Crippen LogP contribution < -0.4 is 5.32 Å². The number of nitrogens with zero attached hydrogens (tertiary/aromatic N) is 2. The number of para-hydroxylation sites is 1. The van der Waals surface area contributed by atoms with Crippen LogP contribution >= 0.6 is 0 Å². The van der Waals surface area contributed by atoms with Crippen molar-refractivity contribution in [3.63, 3.8) is 0 Å². The number of nitrogens with one attached hydrogen (secondary N) is 1. The monoisotopic (exact) mass is 241 g/mol. The van der Waals surface area contributed by atoms with Gasteiger partial charge < -0.3 is 5.32 Å². The van der Waals surface area contributed by atoms with Gasteiger partial charge in [-0.2, -0.15) is 0 Å². The highest BCUT2D eigenvalue weighted by Gasteiger charge is 2.10. The van der Waals surface area contributed by atoms with Gasteiger partial charge in [0, 0.05) is 11.4 Å². The number of rotatable bonds is 2. The first-order valence-electron chi connectivity index (χ1n) is 5.74. The van der Waals surface area contributed by atoms with Crippen LogP contribution in [0.3, 0.4) is 0 Å². The van der Waals surface area contributed by atoms with E-state index in [-0.39, 0.29) is 5.91 Å². The third-order valence-corrected chi connectivity index (χ3v) is 2.76. The number of hydrogen-bond donors (Lipinski definition) is 1. The molecule has 4 nitrogen and oxygen atoms in total. The average Bonchev–Trinajstić information content (AvgIpc) is 2.34. The summed E-state index contributed by atoms with van der Waals surface area (Å²) in [6.07, 6.45) is 1.40. The Labute approximate surface area is 106 Å². The molecule has 1 N–H and O–H groups in total. The fraction of sp³-hybridized carbons (Fsp3) is 0.214. The number of aromatic nitrogens is 2. The molecule has 1 aromatic heterocycles. The average molecular weight is 241 g/mol. The maximum atomic E-state index is 12.1. The molecular formula is C14H15N3O. The highest BCUT2D eigenvalue weighted by molar-refractivity contribution is 6.03. The Hall–Kier alpha value is -2.23. The van der Waals surface area contributed by atoms with Gasteiger partial charge in [0.15, 0.2) is 0 Å². The second-order valence-corrected chi connectivity index (χ2v) is 4.27. The fourth-order valence-corrected chi connectivity index (χ4v) is 1.77. The zero-order valence-corrected chi connectivity index (χ0v) is 10.7. The van der Waals surface area contributed by atoms with Crippen molar-refractivity contribution in [1.82, 2.24) is 9.97 Å². The summed E-state index contributed by atoms with van der Waals surface area (Å²) in [6.45, 7) is 5.76. The highest BCUT2D eigenvalue weighted by Crippen LogP contribution is 2.19. The van der Waals surface area contributed by atoms with Crippen molar-refractivity contribution >= 4 is 11.6 Å². The third-order valence-electron chi connectivity index (χ3n) is 2.76. The van der Waals surface area contributed by atoms with E-state index in [4.69, 9.17) is 0 Å². The highest BCUT2D eigenvalue weighted by atomic mass is 16.1. The Balaban J connectivity index is 2.27. The molecule has 0 bridgehead atoms. The Morgan fingerprint density at radius 1 is 1.11 bits per heavy atom. The molecule has 0 atom stereocenters. The van der Waals surface area contributed by atoms with E-state index >= 15 is 0 Å². The normalized spacial score (nSPS) is 10.2. The molecule has 2 rings (SSSR count). The van der Waals surface area contributed by atoms with Crippen LogP contribution in [-0.2, 0) is 0 Å². The molecule has 1 heterocycles. The molecule has 0 saturated carbocycles. The fourth-order valence-electron chi connectivity index (χ4n) is 1.77. The van der Waals surface area contributed by atoms with E-state index in [1.807, 2.05) is 39.0 Å². The van der Waals surface area contributed by atoms with E-state index in [0.29, 0.717) is 5.69 Å². The molecule has 4 heteroatoms. The summed E-state index contributed by atoms with van der Waals surface area (Å²) in [7, 11) is 0. The van der Waals surface area contributed by atoms with Crippen LogP contribution in [0.4, 0.5) is 5.69 Å². The third kappa shape index (κ3) is 2.53. The molecule has 2 aromatic rings. The van der Waals surface area contributed by atoms with Crippen molar-refractivity contribution in [3.05, 3.63) is 53.1 Å². The van der Waals surface area contributed by atoms with Crippen LogP contribution in [0.2, 0.25) is 0 Å². The van der Waals surface area contributed by atoms with Crippen molar-refractivity contribution in [2.24, 2.45) is 0 Å². The summed E-state index contributed by atoms with van der Waals surface area (Å²) < 4.78 is 0. The molecule has 0 spiro atoms. The Kier molecular flexibility index (Phi) is 3.37. The van der Waals surface area contributed by atoms with Crippen LogP contribution in [-0.4, -0.2) is 15.9 Å². The first-order valence-corrected chi connectivity index (χ1v) is 5.74. The first-order chi connectivity index (χ1) is 8.58. The van der Waals surface area contributed by atoms with Crippen LogP contribution in [0.5, 0.6) is 0 Å². The maximum Gasteiger partial charge on any atom is 0.274 e. The summed E-state index contributed by atoms with van der Waals surface area (Å²) in [5.74, 6) is -0.210. The zero-order valence-electron chi connectivity index (χ0n) is 10.7. The SMILES string of the molecule is Cc1cc(C(=O)Nc2c(C)cccc2C)ncn1.